The van der Waals surface area contributed by atoms with Crippen molar-refractivity contribution in [2.24, 2.45) is 21.7 Å². The summed E-state index contributed by atoms with van der Waals surface area (Å²) in [4.78, 5) is 0. The van der Waals surface area contributed by atoms with Gasteiger partial charge in [0.1, 0.15) is 0 Å². The van der Waals surface area contributed by atoms with Crippen molar-refractivity contribution in [2.75, 3.05) is 8.86 Å². The van der Waals surface area contributed by atoms with Gasteiger partial charge in [-0.25, -0.2) is 0 Å². The Morgan fingerprint density at radius 3 is 1.45 bits per heavy atom. The smallest absolute Gasteiger partial charge is 0.00575 e. The number of fused-ring (bicyclic) bond motifs is 2. The van der Waals surface area contributed by atoms with E-state index < -0.39 is 0 Å². The van der Waals surface area contributed by atoms with Crippen LogP contribution >= 0.6 is 45.2 Å². The predicted octanol–water partition coefficient (Wildman–Crippen LogP) is 6.54. The highest BCUT2D eigenvalue weighted by Gasteiger charge is 2.70. The highest BCUT2D eigenvalue weighted by Crippen LogP contribution is 2.79. The fraction of sp³-hybridized carbons (Fsp3) is 1.00. The molecule has 0 aromatic carbocycles. The van der Waals surface area contributed by atoms with E-state index in [1.165, 1.54) is 34.5 Å². The second-order valence-corrected chi connectivity index (χ2v) is 10.2. The summed E-state index contributed by atoms with van der Waals surface area (Å²) >= 11 is 5.55. The molecule has 0 amide bonds. The summed E-state index contributed by atoms with van der Waals surface area (Å²) in [6.45, 7) is 0. The molecule has 4 saturated carbocycles. The van der Waals surface area contributed by atoms with E-state index in [9.17, 15) is 0 Å². The van der Waals surface area contributed by atoms with Crippen LogP contribution in [0.3, 0.4) is 0 Å². The molecule has 0 aliphatic heterocycles. The van der Waals surface area contributed by atoms with Gasteiger partial charge in [0, 0.05) is 8.86 Å². The van der Waals surface area contributed by atoms with Gasteiger partial charge in [0.25, 0.3) is 0 Å². The van der Waals surface area contributed by atoms with Gasteiger partial charge in [-0.3, -0.25) is 0 Å². The van der Waals surface area contributed by atoms with Gasteiger partial charge in [0.2, 0.25) is 0 Å². The van der Waals surface area contributed by atoms with E-state index >= 15 is 0 Å². The maximum absolute atomic E-state index is 2.77. The van der Waals surface area contributed by atoms with Crippen LogP contribution in [0.1, 0.15) is 77.0 Å². The zero-order valence-electron chi connectivity index (χ0n) is 12.7. The number of hydrogen-bond acceptors (Lipinski definition) is 0. The van der Waals surface area contributed by atoms with Crippen molar-refractivity contribution >= 4 is 45.2 Å². The van der Waals surface area contributed by atoms with Crippen molar-refractivity contribution in [3.63, 3.8) is 0 Å². The molecule has 0 nitrogen and oxygen atoms in total. The number of hydrogen-bond donors (Lipinski definition) is 0. The van der Waals surface area contributed by atoms with Crippen LogP contribution in [0.5, 0.6) is 0 Å². The predicted molar refractivity (Wildman–Crippen MR) is 103 cm³/mol. The first-order chi connectivity index (χ1) is 9.66. The van der Waals surface area contributed by atoms with Gasteiger partial charge < -0.3 is 0 Å². The largest absolute Gasteiger partial charge is 0.0857 e. The molecule has 4 aliphatic rings. The Morgan fingerprint density at radius 1 is 0.550 bits per heavy atom. The SMILES string of the molecule is IC[C@]12CCCC[C@](CI)(C1)[C@]13CCCC[C@]2(CC1)C3. The third kappa shape index (κ3) is 1.70. The Morgan fingerprint density at radius 2 is 1.00 bits per heavy atom. The molecule has 0 unspecified atom stereocenters. The van der Waals surface area contributed by atoms with Crippen molar-refractivity contribution < 1.29 is 0 Å². The number of alkyl halides is 2. The molecule has 4 bridgehead atoms. The second-order valence-electron chi connectivity index (χ2n) is 8.66. The minimum atomic E-state index is 0.722. The highest BCUT2D eigenvalue weighted by molar-refractivity contribution is 14.1. The van der Waals surface area contributed by atoms with E-state index in [1.54, 1.807) is 51.4 Å². The summed E-state index contributed by atoms with van der Waals surface area (Å²) in [5.41, 5.74) is 2.98. The number of halogens is 2. The van der Waals surface area contributed by atoms with Crippen molar-refractivity contribution in [1.29, 1.82) is 0 Å². The summed E-state index contributed by atoms with van der Waals surface area (Å²) in [6, 6.07) is 0. The molecule has 0 aromatic rings. The second kappa shape index (κ2) is 4.98. The van der Waals surface area contributed by atoms with Crippen LogP contribution in [0.25, 0.3) is 0 Å². The standard InChI is InChI=1S/C18H28I2/c19-13-17-7-3-4-8-18(12-17,14-20)16-6-2-1-5-15(17,11-16)9-10-16/h1-14H2/t15-,16+,17-,18+. The normalized spacial score (nSPS) is 54.3. The highest BCUT2D eigenvalue weighted by atomic mass is 127. The summed E-state index contributed by atoms with van der Waals surface area (Å²) < 4.78 is 2.89. The molecule has 0 saturated heterocycles. The minimum absolute atomic E-state index is 0.722. The van der Waals surface area contributed by atoms with Gasteiger partial charge in [-0.15, -0.1) is 0 Å². The maximum Gasteiger partial charge on any atom is 0.00575 e. The Kier molecular flexibility index (Phi) is 3.74. The lowest BCUT2D eigenvalue weighted by atomic mass is 9.45. The lowest BCUT2D eigenvalue weighted by Crippen LogP contribution is -2.54. The topological polar surface area (TPSA) is 0 Å². The van der Waals surface area contributed by atoms with Gasteiger partial charge in [0.15, 0.2) is 0 Å². The summed E-state index contributed by atoms with van der Waals surface area (Å²) in [5, 5.41) is 0. The molecule has 0 aromatic heterocycles. The van der Waals surface area contributed by atoms with Crippen LogP contribution < -0.4 is 0 Å². The van der Waals surface area contributed by atoms with Crippen LogP contribution in [0, 0.1) is 21.7 Å². The van der Waals surface area contributed by atoms with Crippen molar-refractivity contribution in [1.82, 2.24) is 0 Å². The molecule has 4 fully saturated rings. The van der Waals surface area contributed by atoms with Gasteiger partial charge >= 0.3 is 0 Å². The lowest BCUT2D eigenvalue weighted by Gasteiger charge is -2.60. The molecule has 20 heavy (non-hydrogen) atoms. The monoisotopic (exact) mass is 498 g/mol. The van der Waals surface area contributed by atoms with E-state index in [1.807, 2.05) is 0 Å². The first-order valence-corrected chi connectivity index (χ1v) is 11.8. The summed E-state index contributed by atoms with van der Waals surface area (Å²) in [6.07, 6.45) is 18.8. The molecular formula is C18H28I2. The average Bonchev–Trinajstić information content (AvgIpc) is 2.63. The molecule has 0 N–H and O–H groups in total. The van der Waals surface area contributed by atoms with E-state index in [-0.39, 0.29) is 0 Å². The van der Waals surface area contributed by atoms with E-state index in [2.05, 4.69) is 45.2 Å². The van der Waals surface area contributed by atoms with E-state index in [0.29, 0.717) is 0 Å². The Hall–Kier alpha value is 1.46. The fourth-order valence-electron chi connectivity index (χ4n) is 7.26. The third-order valence-corrected chi connectivity index (χ3v) is 11.2. The molecule has 0 heterocycles. The van der Waals surface area contributed by atoms with Crippen molar-refractivity contribution in [3.8, 4) is 0 Å². The Balaban J connectivity index is 1.90. The summed E-state index contributed by atoms with van der Waals surface area (Å²) in [5.74, 6) is 0. The van der Waals surface area contributed by atoms with Gasteiger partial charge in [-0.1, -0.05) is 70.9 Å². The molecule has 4 aliphatic carbocycles. The molecular weight excluding hydrogens is 470 g/mol. The van der Waals surface area contributed by atoms with Crippen LogP contribution in [0.15, 0.2) is 0 Å². The fourth-order valence-corrected chi connectivity index (χ4v) is 10.2. The maximum atomic E-state index is 2.77. The van der Waals surface area contributed by atoms with Crippen molar-refractivity contribution in [3.05, 3.63) is 0 Å². The van der Waals surface area contributed by atoms with Gasteiger partial charge in [0.05, 0.1) is 0 Å². The van der Waals surface area contributed by atoms with Gasteiger partial charge in [-0.2, -0.15) is 0 Å². The van der Waals surface area contributed by atoms with Crippen LogP contribution in [0.2, 0.25) is 0 Å². The van der Waals surface area contributed by atoms with Crippen LogP contribution in [-0.2, 0) is 0 Å². The molecule has 4 rings (SSSR count). The van der Waals surface area contributed by atoms with Crippen molar-refractivity contribution in [2.45, 2.75) is 77.0 Å². The molecule has 2 heteroatoms. The molecule has 0 spiro atoms. The molecule has 4 atom stereocenters. The van der Waals surface area contributed by atoms with E-state index in [0.717, 1.165) is 21.7 Å². The molecule has 0 radical (unpaired) electrons. The Labute approximate surface area is 151 Å². The molecule has 114 valence electrons. The quantitative estimate of drug-likeness (QED) is 0.300. The third-order valence-electron chi connectivity index (χ3n) is 8.32. The lowest BCUT2D eigenvalue weighted by molar-refractivity contribution is -0.0889. The average molecular weight is 498 g/mol. The first-order valence-electron chi connectivity index (χ1n) is 8.78. The van der Waals surface area contributed by atoms with E-state index in [4.69, 9.17) is 0 Å². The van der Waals surface area contributed by atoms with Crippen LogP contribution in [-0.4, -0.2) is 8.86 Å². The summed E-state index contributed by atoms with van der Waals surface area (Å²) in [7, 11) is 0. The van der Waals surface area contributed by atoms with Gasteiger partial charge in [-0.05, 0) is 73.0 Å². The zero-order valence-corrected chi connectivity index (χ0v) is 17.0. The Bertz CT molecular complexity index is 372. The number of rotatable bonds is 2. The minimum Gasteiger partial charge on any atom is -0.0857 e. The zero-order chi connectivity index (χ0) is 13.9. The first kappa shape index (κ1) is 15.0. The van der Waals surface area contributed by atoms with Crippen LogP contribution in [0.4, 0.5) is 0 Å².